The molecule has 11 heteroatoms. The summed E-state index contributed by atoms with van der Waals surface area (Å²) in [6.45, 7) is 1.88. The Kier molecular flexibility index (Phi) is 5.63. The standard InChI is InChI=1S/C17H16N6O3S2/c1-10-20-22-15(25-10)8-18-13(24)9-27-17-23-21-14(26-17)6-7-16-19-11-4-2-3-5-12(11)28-16/h2-5H,6-9H2,1H3,(H,18,24). The fraction of sp³-hybridized carbons (Fsp3) is 0.294. The minimum atomic E-state index is -0.185. The van der Waals surface area contributed by atoms with E-state index in [0.717, 1.165) is 16.9 Å². The molecule has 3 heterocycles. The van der Waals surface area contributed by atoms with Crippen LogP contribution in [-0.2, 0) is 24.2 Å². The zero-order chi connectivity index (χ0) is 19.3. The van der Waals surface area contributed by atoms with Crippen LogP contribution in [0.3, 0.4) is 0 Å². The number of benzene rings is 1. The molecule has 0 radical (unpaired) electrons. The van der Waals surface area contributed by atoms with Gasteiger partial charge in [-0.05, 0) is 12.1 Å². The first-order chi connectivity index (χ1) is 13.7. The van der Waals surface area contributed by atoms with E-state index in [1.165, 1.54) is 16.5 Å². The fourth-order valence-electron chi connectivity index (χ4n) is 2.40. The number of nitrogens with zero attached hydrogens (tertiary/aromatic N) is 5. The van der Waals surface area contributed by atoms with Gasteiger partial charge in [-0.2, -0.15) is 0 Å². The number of amides is 1. The molecule has 4 rings (SSSR count). The second-order valence-corrected chi connectivity index (χ2v) is 7.86. The summed E-state index contributed by atoms with van der Waals surface area (Å²) in [5, 5.41) is 19.6. The number of thiazole rings is 1. The third-order valence-corrected chi connectivity index (χ3v) is 5.59. The topological polar surface area (TPSA) is 120 Å². The van der Waals surface area contributed by atoms with Crippen molar-refractivity contribution in [1.29, 1.82) is 0 Å². The SMILES string of the molecule is Cc1nnc(CNC(=O)CSc2nnc(CCc3nc4ccccc4s3)o2)o1. The van der Waals surface area contributed by atoms with Crippen LogP contribution in [0.5, 0.6) is 0 Å². The van der Waals surface area contributed by atoms with Crippen LogP contribution >= 0.6 is 23.1 Å². The van der Waals surface area contributed by atoms with Crippen molar-refractivity contribution in [2.75, 3.05) is 5.75 Å². The largest absolute Gasteiger partial charge is 0.424 e. The maximum Gasteiger partial charge on any atom is 0.277 e. The molecule has 1 aromatic carbocycles. The Hall–Kier alpha value is -2.79. The Morgan fingerprint density at radius 1 is 1.11 bits per heavy atom. The number of nitrogens with one attached hydrogen (secondary N) is 1. The minimum absolute atomic E-state index is 0.159. The predicted octanol–water partition coefficient (Wildman–Crippen LogP) is 2.56. The van der Waals surface area contributed by atoms with Crippen molar-refractivity contribution in [3.63, 3.8) is 0 Å². The highest BCUT2D eigenvalue weighted by Gasteiger charge is 2.12. The van der Waals surface area contributed by atoms with E-state index in [9.17, 15) is 4.79 Å². The van der Waals surface area contributed by atoms with E-state index in [0.29, 0.717) is 29.3 Å². The van der Waals surface area contributed by atoms with Crippen molar-refractivity contribution in [2.45, 2.75) is 31.5 Å². The van der Waals surface area contributed by atoms with Crippen LogP contribution in [0.2, 0.25) is 0 Å². The summed E-state index contributed by atoms with van der Waals surface area (Å²) in [7, 11) is 0. The first kappa shape index (κ1) is 18.6. The summed E-state index contributed by atoms with van der Waals surface area (Å²) >= 11 is 2.85. The molecule has 1 amide bonds. The van der Waals surface area contributed by atoms with Crippen LogP contribution in [0.4, 0.5) is 0 Å². The minimum Gasteiger partial charge on any atom is -0.424 e. The molecule has 0 bridgehead atoms. The highest BCUT2D eigenvalue weighted by atomic mass is 32.2. The number of aryl methyl sites for hydroxylation is 3. The predicted molar refractivity (Wildman–Crippen MR) is 103 cm³/mol. The van der Waals surface area contributed by atoms with Gasteiger partial charge in [0.25, 0.3) is 5.22 Å². The summed E-state index contributed by atoms with van der Waals surface area (Å²) < 4.78 is 12.0. The van der Waals surface area contributed by atoms with Crippen LogP contribution in [0.25, 0.3) is 10.2 Å². The third kappa shape index (κ3) is 4.73. The van der Waals surface area contributed by atoms with Gasteiger partial charge in [-0.1, -0.05) is 23.9 Å². The van der Waals surface area contributed by atoms with E-state index < -0.39 is 0 Å². The summed E-state index contributed by atoms with van der Waals surface area (Å²) in [6.07, 6.45) is 1.34. The van der Waals surface area contributed by atoms with Gasteiger partial charge >= 0.3 is 0 Å². The molecule has 0 aliphatic heterocycles. The number of aromatic nitrogens is 5. The van der Waals surface area contributed by atoms with Crippen molar-refractivity contribution in [1.82, 2.24) is 30.7 Å². The van der Waals surface area contributed by atoms with Gasteiger partial charge in [0.2, 0.25) is 23.6 Å². The summed E-state index contributed by atoms with van der Waals surface area (Å²) in [4.78, 5) is 16.5. The second kappa shape index (κ2) is 8.48. The third-order valence-electron chi connectivity index (χ3n) is 3.67. The van der Waals surface area contributed by atoms with Gasteiger partial charge in [0.05, 0.1) is 27.5 Å². The number of fused-ring (bicyclic) bond motifs is 1. The summed E-state index contributed by atoms with van der Waals surface area (Å²) in [5.41, 5.74) is 1.01. The normalized spacial score (nSPS) is 11.2. The number of carbonyl (C=O) groups excluding carboxylic acids is 1. The molecule has 0 aliphatic carbocycles. The van der Waals surface area contributed by atoms with Gasteiger partial charge in [-0.15, -0.1) is 31.7 Å². The average Bonchev–Trinajstić information content (AvgIpc) is 3.42. The van der Waals surface area contributed by atoms with E-state index in [-0.39, 0.29) is 18.2 Å². The van der Waals surface area contributed by atoms with Crippen molar-refractivity contribution < 1.29 is 13.6 Å². The number of rotatable bonds is 8. The van der Waals surface area contributed by atoms with Gasteiger partial charge < -0.3 is 14.2 Å². The lowest BCUT2D eigenvalue weighted by molar-refractivity contribution is -0.118. The lowest BCUT2D eigenvalue weighted by Crippen LogP contribution is -2.24. The zero-order valence-electron chi connectivity index (χ0n) is 14.9. The Morgan fingerprint density at radius 2 is 1.96 bits per heavy atom. The van der Waals surface area contributed by atoms with E-state index in [2.05, 4.69) is 36.8 Å². The Balaban J connectivity index is 1.23. The van der Waals surface area contributed by atoms with Crippen LogP contribution in [0, 0.1) is 6.92 Å². The molecule has 4 aromatic rings. The van der Waals surface area contributed by atoms with E-state index in [1.54, 1.807) is 18.3 Å². The molecule has 144 valence electrons. The van der Waals surface area contributed by atoms with Crippen LogP contribution in [0.15, 0.2) is 38.3 Å². The van der Waals surface area contributed by atoms with Crippen molar-refractivity contribution in [3.8, 4) is 0 Å². The molecule has 0 spiro atoms. The first-order valence-electron chi connectivity index (χ1n) is 8.51. The Morgan fingerprint density at radius 3 is 2.79 bits per heavy atom. The molecule has 3 aromatic heterocycles. The monoisotopic (exact) mass is 416 g/mol. The average molecular weight is 416 g/mol. The van der Waals surface area contributed by atoms with Gasteiger partial charge in [0.1, 0.15) is 0 Å². The molecule has 0 fully saturated rings. The zero-order valence-corrected chi connectivity index (χ0v) is 16.5. The number of carbonyl (C=O) groups is 1. The van der Waals surface area contributed by atoms with Crippen LogP contribution in [-0.4, -0.2) is 37.0 Å². The Bertz CT molecular complexity index is 1060. The number of hydrogen-bond donors (Lipinski definition) is 1. The van der Waals surface area contributed by atoms with E-state index in [1.807, 2.05) is 18.2 Å². The molecule has 9 nitrogen and oxygen atoms in total. The summed E-state index contributed by atoms with van der Waals surface area (Å²) in [6, 6.07) is 8.04. The molecule has 0 saturated carbocycles. The molecular weight excluding hydrogens is 400 g/mol. The van der Waals surface area contributed by atoms with Gasteiger partial charge in [0, 0.05) is 19.8 Å². The lowest BCUT2D eigenvalue weighted by Gasteiger charge is -1.99. The van der Waals surface area contributed by atoms with Gasteiger partial charge in [0.15, 0.2) is 0 Å². The van der Waals surface area contributed by atoms with Gasteiger partial charge in [-0.3, -0.25) is 4.79 Å². The van der Waals surface area contributed by atoms with Crippen molar-refractivity contribution in [3.05, 3.63) is 46.9 Å². The number of thioether (sulfide) groups is 1. The summed E-state index contributed by atoms with van der Waals surface area (Å²) in [5.74, 6) is 1.33. The quantitative estimate of drug-likeness (QED) is 0.432. The molecular formula is C17H16N6O3S2. The maximum absolute atomic E-state index is 11.9. The van der Waals surface area contributed by atoms with E-state index >= 15 is 0 Å². The molecule has 0 atom stereocenters. The van der Waals surface area contributed by atoms with Crippen molar-refractivity contribution in [2.24, 2.45) is 0 Å². The van der Waals surface area contributed by atoms with Crippen LogP contribution in [0.1, 0.15) is 22.7 Å². The fourth-order valence-corrected chi connectivity index (χ4v) is 3.98. The maximum atomic E-state index is 11.9. The lowest BCUT2D eigenvalue weighted by atomic mass is 10.3. The number of para-hydroxylation sites is 1. The molecule has 0 aliphatic rings. The van der Waals surface area contributed by atoms with E-state index in [4.69, 9.17) is 8.83 Å². The highest BCUT2D eigenvalue weighted by Crippen LogP contribution is 2.23. The molecule has 0 unspecified atom stereocenters. The highest BCUT2D eigenvalue weighted by molar-refractivity contribution is 7.99. The second-order valence-electron chi connectivity index (χ2n) is 5.82. The van der Waals surface area contributed by atoms with Gasteiger partial charge in [-0.25, -0.2) is 4.98 Å². The van der Waals surface area contributed by atoms with Crippen LogP contribution < -0.4 is 5.32 Å². The molecule has 0 saturated heterocycles. The Labute approximate surface area is 168 Å². The van der Waals surface area contributed by atoms with Crippen molar-refractivity contribution >= 4 is 39.2 Å². The molecule has 28 heavy (non-hydrogen) atoms. The first-order valence-corrected chi connectivity index (χ1v) is 10.3. The smallest absolute Gasteiger partial charge is 0.277 e. The number of hydrogen-bond acceptors (Lipinski definition) is 10. The molecule has 1 N–H and O–H groups in total.